The first-order valence-corrected chi connectivity index (χ1v) is 5.78. The van der Waals surface area contributed by atoms with E-state index >= 15 is 0 Å². The number of carbonyl (C=O) groups is 2. The molecule has 0 spiro atoms. The van der Waals surface area contributed by atoms with Gasteiger partial charge in [-0.1, -0.05) is 11.6 Å². The van der Waals surface area contributed by atoms with Crippen molar-refractivity contribution in [1.82, 2.24) is 0 Å². The number of phenols is 2. The number of phenolic OH excluding ortho intramolecular Hbond substituents is 2. The Bertz CT molecular complexity index is 607. The van der Waals surface area contributed by atoms with Crippen molar-refractivity contribution in [1.29, 1.82) is 0 Å². The molecule has 104 valence electrons. The largest absolute Gasteiger partial charge is 0.508 e. The molecule has 0 bridgehead atoms. The number of halogens is 1. The molecule has 0 saturated carbocycles. The number of carboxylic acids is 1. The van der Waals surface area contributed by atoms with Gasteiger partial charge >= 0.3 is 5.97 Å². The van der Waals surface area contributed by atoms with Gasteiger partial charge in [0.1, 0.15) is 11.5 Å². The van der Waals surface area contributed by atoms with Crippen molar-refractivity contribution in [2.75, 3.05) is 0 Å². The van der Waals surface area contributed by atoms with Crippen molar-refractivity contribution in [3.8, 4) is 11.5 Å². The van der Waals surface area contributed by atoms with Crippen LogP contribution in [-0.4, -0.2) is 27.6 Å². The summed E-state index contributed by atoms with van der Waals surface area (Å²) in [6, 6.07) is 9.67. The van der Waals surface area contributed by atoms with Crippen LogP contribution in [0.1, 0.15) is 20.7 Å². The molecule has 0 aliphatic rings. The van der Waals surface area contributed by atoms with Crippen LogP contribution in [0.3, 0.4) is 0 Å². The minimum Gasteiger partial charge on any atom is -0.508 e. The van der Waals surface area contributed by atoms with Crippen LogP contribution in [0.25, 0.3) is 0 Å². The second-order valence-electron chi connectivity index (χ2n) is 3.67. The van der Waals surface area contributed by atoms with Gasteiger partial charge < -0.3 is 15.3 Å². The molecule has 0 aromatic heterocycles. The number of carbonyl (C=O) groups excluding carboxylic acids is 1. The van der Waals surface area contributed by atoms with Crippen molar-refractivity contribution < 1.29 is 24.9 Å². The molecule has 2 rings (SSSR count). The Morgan fingerprint density at radius 1 is 1.05 bits per heavy atom. The van der Waals surface area contributed by atoms with E-state index in [-0.39, 0.29) is 22.6 Å². The Labute approximate surface area is 119 Å². The maximum atomic E-state index is 10.2. The third-order valence-corrected chi connectivity index (χ3v) is 2.47. The van der Waals surface area contributed by atoms with E-state index < -0.39 is 5.97 Å². The lowest BCUT2D eigenvalue weighted by Gasteiger charge is -1.94. The molecule has 0 radical (unpaired) electrons. The Hall–Kier alpha value is -2.53. The quantitative estimate of drug-likeness (QED) is 0.740. The monoisotopic (exact) mass is 294 g/mol. The van der Waals surface area contributed by atoms with Crippen molar-refractivity contribution in [2.45, 2.75) is 0 Å². The van der Waals surface area contributed by atoms with Gasteiger partial charge in [0.15, 0.2) is 6.29 Å². The molecule has 2 aromatic carbocycles. The minimum atomic E-state index is -0.986. The zero-order chi connectivity index (χ0) is 15.1. The van der Waals surface area contributed by atoms with Gasteiger partial charge in [-0.2, -0.15) is 0 Å². The normalized spacial score (nSPS) is 9.25. The lowest BCUT2D eigenvalue weighted by atomic mass is 10.2. The Balaban J connectivity index is 0.000000200. The van der Waals surface area contributed by atoms with Crippen molar-refractivity contribution in [2.24, 2.45) is 0 Å². The number of hydrogen-bond acceptors (Lipinski definition) is 4. The third kappa shape index (κ3) is 4.62. The summed E-state index contributed by atoms with van der Waals surface area (Å²) in [5.74, 6) is -0.954. The van der Waals surface area contributed by atoms with E-state index in [1.165, 1.54) is 42.5 Å². The van der Waals surface area contributed by atoms with Gasteiger partial charge in [-0.05, 0) is 42.5 Å². The molecule has 2 aromatic rings. The predicted octanol–water partition coefficient (Wildman–Crippen LogP) is 2.95. The zero-order valence-electron chi connectivity index (χ0n) is 10.2. The molecule has 0 heterocycles. The molecule has 6 heteroatoms. The molecule has 20 heavy (non-hydrogen) atoms. The summed E-state index contributed by atoms with van der Waals surface area (Å²) in [5, 5.41) is 26.5. The molecule has 0 aliphatic heterocycles. The third-order valence-electron chi connectivity index (χ3n) is 2.23. The fourth-order valence-electron chi connectivity index (χ4n) is 1.22. The van der Waals surface area contributed by atoms with E-state index in [4.69, 9.17) is 26.9 Å². The highest BCUT2D eigenvalue weighted by Crippen LogP contribution is 2.19. The van der Waals surface area contributed by atoms with E-state index in [1.54, 1.807) is 0 Å². The van der Waals surface area contributed by atoms with Crippen LogP contribution in [0.2, 0.25) is 5.02 Å². The topological polar surface area (TPSA) is 94.8 Å². The minimum absolute atomic E-state index is 0.0422. The zero-order valence-corrected chi connectivity index (χ0v) is 10.9. The van der Waals surface area contributed by atoms with Crippen LogP contribution in [0, 0.1) is 0 Å². The van der Waals surface area contributed by atoms with Gasteiger partial charge in [-0.25, -0.2) is 4.79 Å². The van der Waals surface area contributed by atoms with Crippen LogP contribution in [0.5, 0.6) is 11.5 Å². The number of hydrogen-bond donors (Lipinski definition) is 3. The van der Waals surface area contributed by atoms with Crippen molar-refractivity contribution >= 4 is 23.9 Å². The second-order valence-corrected chi connectivity index (χ2v) is 4.11. The first-order valence-electron chi connectivity index (χ1n) is 5.40. The Morgan fingerprint density at radius 2 is 1.65 bits per heavy atom. The summed E-state index contributed by atoms with van der Waals surface area (Å²) in [4.78, 5) is 20.4. The number of rotatable bonds is 2. The van der Waals surface area contributed by atoms with Crippen molar-refractivity contribution in [3.63, 3.8) is 0 Å². The smallest absolute Gasteiger partial charge is 0.335 e. The number of aromatic hydroxyl groups is 2. The molecule has 3 N–H and O–H groups in total. The van der Waals surface area contributed by atoms with E-state index in [0.717, 1.165) is 0 Å². The summed E-state index contributed by atoms with van der Waals surface area (Å²) < 4.78 is 0. The molecule has 0 amide bonds. The maximum Gasteiger partial charge on any atom is 0.335 e. The fraction of sp³-hybridized carbons (Fsp3) is 0. The average Bonchev–Trinajstić information content (AvgIpc) is 2.42. The van der Waals surface area contributed by atoms with Gasteiger partial charge in [0.05, 0.1) is 11.1 Å². The fourth-order valence-corrected chi connectivity index (χ4v) is 1.40. The average molecular weight is 295 g/mol. The molecular weight excluding hydrogens is 284 g/mol. The van der Waals surface area contributed by atoms with Crippen LogP contribution >= 0.6 is 11.6 Å². The summed E-state index contributed by atoms with van der Waals surface area (Å²) in [6.45, 7) is 0. The highest BCUT2D eigenvalue weighted by molar-refractivity contribution is 6.30. The molecular formula is C14H11ClO5. The number of aldehydes is 1. The SMILES string of the molecule is O=C(O)c1ccc(O)cc1.O=Cc1cc(Cl)ccc1O. The van der Waals surface area contributed by atoms with Gasteiger partial charge in [0, 0.05) is 5.02 Å². The first kappa shape index (κ1) is 15.5. The van der Waals surface area contributed by atoms with Crippen molar-refractivity contribution in [3.05, 3.63) is 58.6 Å². The van der Waals surface area contributed by atoms with Gasteiger partial charge in [-0.15, -0.1) is 0 Å². The van der Waals surface area contributed by atoms with Crippen LogP contribution in [-0.2, 0) is 0 Å². The molecule has 0 unspecified atom stereocenters. The highest BCUT2D eigenvalue weighted by Gasteiger charge is 1.99. The predicted molar refractivity (Wildman–Crippen MR) is 73.6 cm³/mol. The Morgan fingerprint density at radius 3 is 2.10 bits per heavy atom. The second kappa shape index (κ2) is 7.16. The molecule has 0 saturated heterocycles. The number of benzene rings is 2. The summed E-state index contributed by atoms with van der Waals surface area (Å²) in [7, 11) is 0. The van der Waals surface area contributed by atoms with Crippen LogP contribution in [0.4, 0.5) is 0 Å². The number of carboxylic acid groups (broad SMARTS) is 1. The van der Waals surface area contributed by atoms with E-state index in [9.17, 15) is 9.59 Å². The Kier molecular flexibility index (Phi) is 5.56. The first-order chi connectivity index (χ1) is 9.43. The maximum absolute atomic E-state index is 10.2. The molecule has 0 atom stereocenters. The highest BCUT2D eigenvalue weighted by atomic mass is 35.5. The standard InChI is InChI=1S/C7H5ClO2.C7H6O3/c8-6-1-2-7(10)5(3-6)4-9;8-6-3-1-5(2-4-6)7(9)10/h1-4,10H;1-4,8H,(H,9,10). The van der Waals surface area contributed by atoms with Gasteiger partial charge in [-0.3, -0.25) is 4.79 Å². The van der Waals surface area contributed by atoms with Crippen LogP contribution < -0.4 is 0 Å². The summed E-state index contributed by atoms with van der Waals surface area (Å²) in [5.41, 5.74) is 0.394. The lowest BCUT2D eigenvalue weighted by molar-refractivity contribution is 0.0696. The van der Waals surface area contributed by atoms with E-state index in [0.29, 0.717) is 11.3 Å². The molecule has 5 nitrogen and oxygen atoms in total. The van der Waals surface area contributed by atoms with E-state index in [2.05, 4.69) is 0 Å². The molecule has 0 fully saturated rings. The lowest BCUT2D eigenvalue weighted by Crippen LogP contribution is -1.93. The van der Waals surface area contributed by atoms with E-state index in [1.807, 2.05) is 0 Å². The van der Waals surface area contributed by atoms with Crippen LogP contribution in [0.15, 0.2) is 42.5 Å². The summed E-state index contributed by atoms with van der Waals surface area (Å²) >= 11 is 5.53. The summed E-state index contributed by atoms with van der Waals surface area (Å²) in [6.07, 6.45) is 0.557. The van der Waals surface area contributed by atoms with Gasteiger partial charge in [0.2, 0.25) is 0 Å². The van der Waals surface area contributed by atoms with Gasteiger partial charge in [0.25, 0.3) is 0 Å². The number of aromatic carboxylic acids is 1. The molecule has 0 aliphatic carbocycles.